The lowest BCUT2D eigenvalue weighted by molar-refractivity contribution is -0.115. The molecule has 4 N–H and O–H groups in total. The first-order chi connectivity index (χ1) is 12.7. The Kier molecular flexibility index (Phi) is 4.54. The molecule has 5 heteroatoms. The van der Waals surface area contributed by atoms with E-state index in [4.69, 9.17) is 5.73 Å². The van der Waals surface area contributed by atoms with Gasteiger partial charge in [-0.2, -0.15) is 5.10 Å². The monoisotopic (exact) mass is 346 g/mol. The van der Waals surface area contributed by atoms with Gasteiger partial charge in [0.2, 0.25) is 5.91 Å². The van der Waals surface area contributed by atoms with Gasteiger partial charge in [0.15, 0.2) is 5.82 Å². The topological polar surface area (TPSA) is 83.8 Å². The van der Waals surface area contributed by atoms with E-state index in [0.29, 0.717) is 24.7 Å². The minimum absolute atomic E-state index is 0.0566. The first-order valence-corrected chi connectivity index (χ1v) is 8.95. The number of nitrogens with zero attached hydrogens (tertiary/aromatic N) is 1. The van der Waals surface area contributed by atoms with Gasteiger partial charge in [-0.15, -0.1) is 0 Å². The molecule has 132 valence electrons. The Balaban J connectivity index is 1.37. The quantitative estimate of drug-likeness (QED) is 0.638. The van der Waals surface area contributed by atoms with Crippen LogP contribution < -0.4 is 11.1 Å². The Morgan fingerprint density at radius 3 is 2.23 bits per heavy atom. The average molecular weight is 346 g/mol. The van der Waals surface area contributed by atoms with Gasteiger partial charge in [0.05, 0.1) is 6.42 Å². The number of nitrogens with one attached hydrogen (secondary N) is 2. The van der Waals surface area contributed by atoms with Gasteiger partial charge in [-0.3, -0.25) is 9.89 Å². The van der Waals surface area contributed by atoms with Crippen LogP contribution in [0.3, 0.4) is 0 Å². The third kappa shape index (κ3) is 3.83. The lowest BCUT2D eigenvalue weighted by Crippen LogP contribution is -2.14. The molecule has 1 aliphatic carbocycles. The Morgan fingerprint density at radius 1 is 1.04 bits per heavy atom. The predicted octanol–water partition coefficient (Wildman–Crippen LogP) is 3.59. The molecule has 1 amide bonds. The fourth-order valence-electron chi connectivity index (χ4n) is 3.02. The van der Waals surface area contributed by atoms with Gasteiger partial charge < -0.3 is 11.1 Å². The van der Waals surface area contributed by atoms with E-state index in [0.717, 1.165) is 27.9 Å². The van der Waals surface area contributed by atoms with Crippen molar-refractivity contribution in [2.75, 3.05) is 5.32 Å². The van der Waals surface area contributed by atoms with E-state index in [9.17, 15) is 4.79 Å². The third-order valence-electron chi connectivity index (χ3n) is 4.72. The fraction of sp³-hybridized carbons (Fsp3) is 0.238. The molecule has 0 bridgehead atoms. The van der Waals surface area contributed by atoms with Crippen LogP contribution in [-0.2, 0) is 17.8 Å². The number of anilines is 1. The molecule has 1 saturated carbocycles. The first-order valence-electron chi connectivity index (χ1n) is 8.95. The van der Waals surface area contributed by atoms with Crippen molar-refractivity contribution in [1.82, 2.24) is 10.2 Å². The molecule has 1 aromatic heterocycles. The van der Waals surface area contributed by atoms with E-state index in [-0.39, 0.29) is 5.91 Å². The maximum Gasteiger partial charge on any atom is 0.229 e. The molecular formula is C21H22N4O. The van der Waals surface area contributed by atoms with Crippen molar-refractivity contribution < 1.29 is 4.79 Å². The van der Waals surface area contributed by atoms with Crippen LogP contribution in [0.2, 0.25) is 0 Å². The average Bonchev–Trinajstić information content (AvgIpc) is 3.42. The summed E-state index contributed by atoms with van der Waals surface area (Å²) in [5.41, 5.74) is 11.1. The number of benzene rings is 2. The summed E-state index contributed by atoms with van der Waals surface area (Å²) in [6.07, 6.45) is 2.74. The minimum Gasteiger partial charge on any atom is -0.326 e. The summed E-state index contributed by atoms with van der Waals surface area (Å²) in [7, 11) is 0. The maximum atomic E-state index is 12.2. The first kappa shape index (κ1) is 16.5. The number of rotatable bonds is 6. The second kappa shape index (κ2) is 7.14. The van der Waals surface area contributed by atoms with Crippen LogP contribution in [0.1, 0.15) is 35.6 Å². The third-order valence-corrected chi connectivity index (χ3v) is 4.72. The lowest BCUT2D eigenvalue weighted by atomic mass is 10.0. The molecule has 2 aromatic carbocycles. The summed E-state index contributed by atoms with van der Waals surface area (Å²) in [6, 6.07) is 18.2. The molecule has 5 nitrogen and oxygen atoms in total. The second-order valence-electron chi connectivity index (χ2n) is 6.81. The summed E-state index contributed by atoms with van der Waals surface area (Å²) in [5, 5.41) is 10.0. The molecule has 1 heterocycles. The molecule has 26 heavy (non-hydrogen) atoms. The van der Waals surface area contributed by atoms with Crippen molar-refractivity contribution in [3.8, 4) is 11.1 Å². The van der Waals surface area contributed by atoms with Crippen molar-refractivity contribution >= 4 is 11.7 Å². The number of carbonyl (C=O) groups is 1. The van der Waals surface area contributed by atoms with Gasteiger partial charge in [0, 0.05) is 24.2 Å². The second-order valence-corrected chi connectivity index (χ2v) is 6.81. The van der Waals surface area contributed by atoms with Crippen molar-refractivity contribution in [2.24, 2.45) is 5.73 Å². The maximum absolute atomic E-state index is 12.2. The Hall–Kier alpha value is -2.92. The minimum atomic E-state index is -0.0566. The summed E-state index contributed by atoms with van der Waals surface area (Å²) in [6.45, 7) is 0.548. The fourth-order valence-corrected chi connectivity index (χ4v) is 3.02. The van der Waals surface area contributed by atoms with Crippen LogP contribution in [0.25, 0.3) is 11.1 Å². The van der Waals surface area contributed by atoms with E-state index >= 15 is 0 Å². The van der Waals surface area contributed by atoms with Crippen molar-refractivity contribution in [1.29, 1.82) is 0 Å². The summed E-state index contributed by atoms with van der Waals surface area (Å²) in [5.74, 6) is 1.15. The lowest BCUT2D eigenvalue weighted by Gasteiger charge is -2.06. The zero-order valence-corrected chi connectivity index (χ0v) is 14.5. The van der Waals surface area contributed by atoms with Crippen LogP contribution in [0, 0.1) is 0 Å². The number of aromatic nitrogens is 2. The van der Waals surface area contributed by atoms with Crippen LogP contribution in [0.15, 0.2) is 54.6 Å². The van der Waals surface area contributed by atoms with Crippen molar-refractivity contribution in [3.05, 3.63) is 71.4 Å². The van der Waals surface area contributed by atoms with Crippen LogP contribution in [0.5, 0.6) is 0 Å². The molecule has 3 aromatic rings. The zero-order chi connectivity index (χ0) is 17.9. The highest BCUT2D eigenvalue weighted by Gasteiger charge is 2.25. The summed E-state index contributed by atoms with van der Waals surface area (Å²) in [4.78, 5) is 12.2. The molecule has 0 saturated heterocycles. The van der Waals surface area contributed by atoms with Crippen molar-refractivity contribution in [2.45, 2.75) is 31.7 Å². The van der Waals surface area contributed by atoms with Crippen LogP contribution in [-0.4, -0.2) is 16.1 Å². The molecule has 0 atom stereocenters. The zero-order valence-electron chi connectivity index (χ0n) is 14.5. The van der Waals surface area contributed by atoms with E-state index < -0.39 is 0 Å². The highest BCUT2D eigenvalue weighted by atomic mass is 16.1. The highest BCUT2D eigenvalue weighted by molar-refractivity contribution is 5.91. The standard InChI is InChI=1S/C21H22N4O/c22-13-15-3-7-17(8-4-15)16-5-1-14(2-6-16)11-21(26)23-20-12-19(24-25-20)18-9-10-18/h1-8,12,18H,9-11,13,22H2,(H2,23,24,25,26). The molecule has 4 rings (SSSR count). The van der Waals surface area contributed by atoms with Crippen molar-refractivity contribution in [3.63, 3.8) is 0 Å². The van der Waals surface area contributed by atoms with E-state index in [1.807, 2.05) is 42.5 Å². The van der Waals surface area contributed by atoms with Crippen LogP contribution >= 0.6 is 0 Å². The van der Waals surface area contributed by atoms with Gasteiger partial charge in [-0.05, 0) is 35.1 Å². The normalized spacial score (nSPS) is 13.6. The van der Waals surface area contributed by atoms with Gasteiger partial charge in [-0.1, -0.05) is 48.5 Å². The van der Waals surface area contributed by atoms with Gasteiger partial charge >= 0.3 is 0 Å². The molecule has 0 aliphatic heterocycles. The Morgan fingerprint density at radius 2 is 1.65 bits per heavy atom. The molecule has 1 aliphatic rings. The molecule has 0 radical (unpaired) electrons. The largest absolute Gasteiger partial charge is 0.326 e. The number of H-pyrrole nitrogens is 1. The summed E-state index contributed by atoms with van der Waals surface area (Å²) >= 11 is 0. The number of nitrogens with two attached hydrogens (primary N) is 1. The number of carbonyl (C=O) groups excluding carboxylic acids is 1. The molecule has 1 fully saturated rings. The summed E-state index contributed by atoms with van der Waals surface area (Å²) < 4.78 is 0. The Bertz CT molecular complexity index is 893. The number of amides is 1. The molecule has 0 spiro atoms. The number of hydrogen-bond donors (Lipinski definition) is 3. The number of hydrogen-bond acceptors (Lipinski definition) is 3. The smallest absolute Gasteiger partial charge is 0.229 e. The van der Waals surface area contributed by atoms with Gasteiger partial charge in [0.25, 0.3) is 0 Å². The van der Waals surface area contributed by atoms with E-state index in [1.54, 1.807) is 0 Å². The van der Waals surface area contributed by atoms with E-state index in [2.05, 4.69) is 27.6 Å². The predicted molar refractivity (Wildman–Crippen MR) is 103 cm³/mol. The van der Waals surface area contributed by atoms with Gasteiger partial charge in [0.1, 0.15) is 0 Å². The molecule has 0 unspecified atom stereocenters. The van der Waals surface area contributed by atoms with Crippen LogP contribution in [0.4, 0.5) is 5.82 Å². The molecular weight excluding hydrogens is 324 g/mol. The SMILES string of the molecule is NCc1ccc(-c2ccc(CC(=O)Nc3cc(C4CC4)[nH]n3)cc2)cc1. The van der Waals surface area contributed by atoms with E-state index in [1.165, 1.54) is 12.8 Å². The van der Waals surface area contributed by atoms with Gasteiger partial charge in [-0.25, -0.2) is 0 Å². The Labute approximate surface area is 152 Å². The number of aromatic amines is 1. The highest BCUT2D eigenvalue weighted by Crippen LogP contribution is 2.39.